The van der Waals surface area contributed by atoms with Crippen LogP contribution in [0.3, 0.4) is 0 Å². The molecular formula is C24H27O2P. The van der Waals surface area contributed by atoms with Crippen molar-refractivity contribution in [3.63, 3.8) is 0 Å². The molecule has 140 valence electrons. The molecule has 2 nitrogen and oxygen atoms in total. The minimum absolute atomic E-state index is 0.332. The van der Waals surface area contributed by atoms with Crippen LogP contribution in [0.1, 0.15) is 40.4 Å². The summed E-state index contributed by atoms with van der Waals surface area (Å²) in [7, 11) is -3.19. The molecule has 0 N–H and O–H groups in total. The molecule has 0 spiro atoms. The number of hydrogen-bond acceptors (Lipinski definition) is 2. The summed E-state index contributed by atoms with van der Waals surface area (Å²) in [5.41, 5.74) is 5.31. The molecule has 0 aliphatic rings. The first kappa shape index (κ1) is 19.6. The zero-order chi connectivity index (χ0) is 19.4. The van der Waals surface area contributed by atoms with E-state index < -0.39 is 7.37 Å². The lowest BCUT2D eigenvalue weighted by Gasteiger charge is -2.31. The predicted molar refractivity (Wildman–Crippen MR) is 114 cm³/mol. The molecule has 0 bridgehead atoms. The third-order valence-electron chi connectivity index (χ3n) is 4.90. The average molecular weight is 378 g/mol. The first-order valence-corrected chi connectivity index (χ1v) is 11.1. The van der Waals surface area contributed by atoms with Gasteiger partial charge in [-0.05, 0) is 62.1 Å². The number of aryl methyl sites for hydroxylation is 3. The summed E-state index contributed by atoms with van der Waals surface area (Å²) < 4.78 is 20.6. The minimum Gasteiger partial charge on any atom is -0.325 e. The molecule has 0 saturated carbocycles. The van der Waals surface area contributed by atoms with E-state index in [0.717, 1.165) is 27.6 Å². The van der Waals surface area contributed by atoms with Crippen molar-refractivity contribution in [1.29, 1.82) is 0 Å². The van der Waals surface area contributed by atoms with Crippen molar-refractivity contribution < 1.29 is 9.09 Å². The smallest absolute Gasteiger partial charge is 0.243 e. The van der Waals surface area contributed by atoms with E-state index in [1.807, 2.05) is 55.5 Å². The normalized spacial score (nSPS) is 14.5. The van der Waals surface area contributed by atoms with Crippen LogP contribution in [0, 0.1) is 20.8 Å². The fourth-order valence-electron chi connectivity index (χ4n) is 3.92. The van der Waals surface area contributed by atoms with Crippen LogP contribution in [0.15, 0.2) is 72.8 Å². The van der Waals surface area contributed by atoms with Crippen molar-refractivity contribution >= 4 is 12.7 Å². The molecule has 3 heteroatoms. The van der Waals surface area contributed by atoms with Crippen molar-refractivity contribution in [2.75, 3.05) is 6.61 Å². The zero-order valence-corrected chi connectivity index (χ0v) is 17.4. The van der Waals surface area contributed by atoms with Crippen LogP contribution >= 0.6 is 7.37 Å². The minimum atomic E-state index is -3.19. The van der Waals surface area contributed by atoms with Gasteiger partial charge in [-0.3, -0.25) is 4.57 Å². The van der Waals surface area contributed by atoms with Gasteiger partial charge in [-0.25, -0.2) is 0 Å². The summed E-state index contributed by atoms with van der Waals surface area (Å²) in [6.07, 6.45) is 0. The molecule has 2 unspecified atom stereocenters. The van der Waals surface area contributed by atoms with Crippen LogP contribution in [-0.4, -0.2) is 6.61 Å². The Morgan fingerprint density at radius 3 is 1.89 bits per heavy atom. The molecule has 0 heterocycles. The van der Waals surface area contributed by atoms with E-state index in [2.05, 4.69) is 45.0 Å². The summed E-state index contributed by atoms with van der Waals surface area (Å²) in [6, 6.07) is 24.1. The standard InChI is InChI=1S/C24H27O2P/c1-5-26-27(25,22-14-10-7-11-15-22)24(21-12-8-6-9-13-21)23-19(3)16-18(2)17-20(23)4/h6-17,24H,5H2,1-4H3. The van der Waals surface area contributed by atoms with Crippen molar-refractivity contribution in [3.8, 4) is 0 Å². The maximum Gasteiger partial charge on any atom is 0.243 e. The second kappa shape index (κ2) is 8.25. The summed E-state index contributed by atoms with van der Waals surface area (Å²) in [6.45, 7) is 8.62. The van der Waals surface area contributed by atoms with Crippen LogP contribution in [0.2, 0.25) is 0 Å². The van der Waals surface area contributed by atoms with Crippen LogP contribution in [0.25, 0.3) is 0 Å². The van der Waals surface area contributed by atoms with Crippen molar-refractivity contribution in [2.24, 2.45) is 0 Å². The van der Waals surface area contributed by atoms with Gasteiger partial charge in [-0.1, -0.05) is 66.2 Å². The third kappa shape index (κ3) is 3.93. The lowest BCUT2D eigenvalue weighted by Crippen LogP contribution is -2.17. The van der Waals surface area contributed by atoms with Gasteiger partial charge in [0, 0.05) is 5.30 Å². The van der Waals surface area contributed by atoms with E-state index in [4.69, 9.17) is 4.52 Å². The fourth-order valence-corrected chi connectivity index (χ4v) is 6.80. The second-order valence-electron chi connectivity index (χ2n) is 6.98. The first-order chi connectivity index (χ1) is 13.0. The van der Waals surface area contributed by atoms with Gasteiger partial charge in [0.2, 0.25) is 7.37 Å². The van der Waals surface area contributed by atoms with Gasteiger partial charge in [0.25, 0.3) is 0 Å². The van der Waals surface area contributed by atoms with Gasteiger partial charge in [0.15, 0.2) is 0 Å². The first-order valence-electron chi connectivity index (χ1n) is 9.40. The molecular weight excluding hydrogens is 351 g/mol. The highest BCUT2D eigenvalue weighted by molar-refractivity contribution is 7.67. The van der Waals surface area contributed by atoms with Gasteiger partial charge in [0.1, 0.15) is 0 Å². The summed E-state index contributed by atoms with van der Waals surface area (Å²) in [4.78, 5) is 0. The van der Waals surface area contributed by atoms with Gasteiger partial charge >= 0.3 is 0 Å². The van der Waals surface area contributed by atoms with Crippen molar-refractivity contribution in [3.05, 3.63) is 101 Å². The zero-order valence-electron chi connectivity index (χ0n) is 16.5. The molecule has 0 fully saturated rings. The monoisotopic (exact) mass is 378 g/mol. The molecule has 0 aliphatic carbocycles. The Morgan fingerprint density at radius 2 is 1.37 bits per heavy atom. The highest BCUT2D eigenvalue weighted by atomic mass is 31.2. The van der Waals surface area contributed by atoms with Crippen molar-refractivity contribution in [1.82, 2.24) is 0 Å². The number of rotatable bonds is 6. The van der Waals surface area contributed by atoms with E-state index in [9.17, 15) is 4.57 Å². The average Bonchev–Trinajstić information content (AvgIpc) is 2.66. The molecule has 0 amide bonds. The summed E-state index contributed by atoms with van der Waals surface area (Å²) >= 11 is 0. The Bertz CT molecular complexity index is 926. The van der Waals surface area contributed by atoms with Gasteiger partial charge in [0.05, 0.1) is 12.3 Å². The molecule has 27 heavy (non-hydrogen) atoms. The lowest BCUT2D eigenvalue weighted by molar-refractivity contribution is 0.336. The number of hydrogen-bond donors (Lipinski definition) is 0. The van der Waals surface area contributed by atoms with Crippen LogP contribution in [-0.2, 0) is 9.09 Å². The van der Waals surface area contributed by atoms with Crippen LogP contribution < -0.4 is 5.30 Å². The van der Waals surface area contributed by atoms with Crippen LogP contribution in [0.5, 0.6) is 0 Å². The molecule has 0 saturated heterocycles. The van der Waals surface area contributed by atoms with E-state index in [0.29, 0.717) is 6.61 Å². The van der Waals surface area contributed by atoms with Gasteiger partial charge < -0.3 is 4.52 Å². The maximum atomic E-state index is 14.5. The highest BCUT2D eigenvalue weighted by Crippen LogP contribution is 2.62. The topological polar surface area (TPSA) is 26.3 Å². The molecule has 0 aliphatic heterocycles. The van der Waals surface area contributed by atoms with E-state index in [-0.39, 0.29) is 5.66 Å². The number of benzene rings is 3. The Hall–Kier alpha value is -2.15. The Balaban J connectivity index is 2.32. The molecule has 3 rings (SSSR count). The SMILES string of the molecule is CCOP(=O)(c1ccccc1)C(c1ccccc1)c1c(C)cc(C)cc1C. The Kier molecular flexibility index (Phi) is 5.99. The fraction of sp³-hybridized carbons (Fsp3) is 0.250. The Morgan fingerprint density at radius 1 is 0.852 bits per heavy atom. The van der Waals surface area contributed by atoms with E-state index in [1.54, 1.807) is 0 Å². The van der Waals surface area contributed by atoms with Gasteiger partial charge in [-0.2, -0.15) is 0 Å². The summed E-state index contributed by atoms with van der Waals surface area (Å²) in [5, 5.41) is 0.764. The Labute approximate surface area is 162 Å². The summed E-state index contributed by atoms with van der Waals surface area (Å²) in [5.74, 6) is 0. The molecule has 0 radical (unpaired) electrons. The van der Waals surface area contributed by atoms with E-state index >= 15 is 0 Å². The van der Waals surface area contributed by atoms with Gasteiger partial charge in [-0.15, -0.1) is 0 Å². The maximum absolute atomic E-state index is 14.5. The molecule has 0 aromatic heterocycles. The quantitative estimate of drug-likeness (QED) is 0.468. The van der Waals surface area contributed by atoms with Crippen LogP contribution in [0.4, 0.5) is 0 Å². The van der Waals surface area contributed by atoms with Crippen molar-refractivity contribution in [2.45, 2.75) is 33.4 Å². The molecule has 2 atom stereocenters. The van der Waals surface area contributed by atoms with E-state index in [1.165, 1.54) is 5.56 Å². The highest BCUT2D eigenvalue weighted by Gasteiger charge is 2.39. The molecule has 3 aromatic rings. The predicted octanol–water partition coefficient (Wildman–Crippen LogP) is 6.34. The second-order valence-corrected chi connectivity index (χ2v) is 9.46. The third-order valence-corrected chi connectivity index (χ3v) is 7.80. The molecule has 3 aromatic carbocycles. The largest absolute Gasteiger partial charge is 0.325 e. The lowest BCUT2D eigenvalue weighted by atomic mass is 9.94.